The third kappa shape index (κ3) is 5.17. The molecule has 10 heteroatoms. The zero-order valence-electron chi connectivity index (χ0n) is 16.8. The molecule has 4 aromatic rings. The van der Waals surface area contributed by atoms with Crippen LogP contribution in [0.15, 0.2) is 69.5 Å². The molecule has 32 heavy (non-hydrogen) atoms. The van der Waals surface area contributed by atoms with Gasteiger partial charge in [0.25, 0.3) is 0 Å². The monoisotopic (exact) mass is 474 g/mol. The van der Waals surface area contributed by atoms with Crippen molar-refractivity contribution in [3.63, 3.8) is 0 Å². The molecule has 0 bridgehead atoms. The number of amides is 1. The molecule has 1 N–H and O–H groups in total. The number of nitrogens with zero attached hydrogens (tertiary/aromatic N) is 3. The fraction of sp³-hybridized carbons (Fsp3) is 0.136. The minimum atomic E-state index is -0.746. The Morgan fingerprint density at radius 1 is 1.22 bits per heavy atom. The zero-order chi connectivity index (χ0) is 22.7. The van der Waals surface area contributed by atoms with E-state index in [1.54, 1.807) is 18.3 Å². The van der Waals surface area contributed by atoms with Crippen LogP contribution in [0.4, 0.5) is 14.5 Å². The van der Waals surface area contributed by atoms with E-state index in [-0.39, 0.29) is 36.0 Å². The van der Waals surface area contributed by atoms with Gasteiger partial charge in [0, 0.05) is 48.3 Å². The number of anilines is 1. The number of imidazole rings is 1. The second kappa shape index (κ2) is 9.54. The molecule has 0 spiro atoms. The molecule has 0 unspecified atom stereocenters. The molecule has 164 valence electrons. The summed E-state index contributed by atoms with van der Waals surface area (Å²) in [6.45, 7) is 0. The molecule has 0 saturated heterocycles. The van der Waals surface area contributed by atoms with E-state index < -0.39 is 11.6 Å². The van der Waals surface area contributed by atoms with Crippen molar-refractivity contribution in [2.75, 3.05) is 5.32 Å². The molecule has 2 aromatic heterocycles. The Labute approximate surface area is 191 Å². The average molecular weight is 475 g/mol. The number of rotatable bonds is 7. The van der Waals surface area contributed by atoms with Gasteiger partial charge in [-0.1, -0.05) is 11.6 Å². The SMILES string of the molecule is Cn1ccnc1Sc1ccc(Cl)cc1NC(=O)CCc1ncc(-c2ccc(F)cc2F)o1. The van der Waals surface area contributed by atoms with Crippen molar-refractivity contribution in [3.8, 4) is 11.3 Å². The number of benzene rings is 2. The van der Waals surface area contributed by atoms with Crippen LogP contribution in [0.1, 0.15) is 12.3 Å². The predicted molar refractivity (Wildman–Crippen MR) is 118 cm³/mol. The molecule has 2 heterocycles. The maximum Gasteiger partial charge on any atom is 0.224 e. The van der Waals surface area contributed by atoms with Crippen LogP contribution >= 0.6 is 23.4 Å². The minimum Gasteiger partial charge on any atom is -0.441 e. The van der Waals surface area contributed by atoms with Crippen LogP contribution in [0.3, 0.4) is 0 Å². The van der Waals surface area contributed by atoms with Gasteiger partial charge in [-0.3, -0.25) is 4.79 Å². The van der Waals surface area contributed by atoms with Gasteiger partial charge in [-0.25, -0.2) is 18.7 Å². The average Bonchev–Trinajstić information content (AvgIpc) is 3.37. The van der Waals surface area contributed by atoms with Crippen LogP contribution in [-0.4, -0.2) is 20.4 Å². The number of carbonyl (C=O) groups excluding carboxylic acids is 1. The topological polar surface area (TPSA) is 73.0 Å². The van der Waals surface area contributed by atoms with E-state index in [1.165, 1.54) is 24.0 Å². The van der Waals surface area contributed by atoms with E-state index in [9.17, 15) is 13.6 Å². The third-order valence-corrected chi connectivity index (χ3v) is 5.90. The van der Waals surface area contributed by atoms with E-state index in [0.717, 1.165) is 22.2 Å². The molecule has 4 rings (SSSR count). The number of nitrogens with one attached hydrogen (secondary N) is 1. The number of oxazole rings is 1. The molecular formula is C22H17ClF2N4O2S. The zero-order valence-corrected chi connectivity index (χ0v) is 18.4. The Bertz CT molecular complexity index is 1270. The van der Waals surface area contributed by atoms with Gasteiger partial charge in [-0.2, -0.15) is 0 Å². The minimum absolute atomic E-state index is 0.0882. The van der Waals surface area contributed by atoms with Crippen LogP contribution in [0.25, 0.3) is 11.3 Å². The largest absolute Gasteiger partial charge is 0.441 e. The Morgan fingerprint density at radius 3 is 2.81 bits per heavy atom. The molecule has 1 amide bonds. The summed E-state index contributed by atoms with van der Waals surface area (Å²) < 4.78 is 34.4. The summed E-state index contributed by atoms with van der Waals surface area (Å²) in [6.07, 6.45) is 5.17. The highest BCUT2D eigenvalue weighted by Crippen LogP contribution is 2.34. The molecule has 0 aliphatic heterocycles. The fourth-order valence-corrected chi connectivity index (χ4v) is 3.95. The first-order chi connectivity index (χ1) is 15.4. The third-order valence-electron chi connectivity index (χ3n) is 4.51. The molecule has 0 radical (unpaired) electrons. The lowest BCUT2D eigenvalue weighted by molar-refractivity contribution is -0.116. The molecule has 6 nitrogen and oxygen atoms in total. The van der Waals surface area contributed by atoms with Crippen LogP contribution in [0.5, 0.6) is 0 Å². The summed E-state index contributed by atoms with van der Waals surface area (Å²) in [5.41, 5.74) is 0.668. The number of carbonyl (C=O) groups is 1. The van der Waals surface area contributed by atoms with Crippen molar-refractivity contribution >= 4 is 35.0 Å². The molecule has 0 atom stereocenters. The first-order valence-electron chi connectivity index (χ1n) is 9.54. The smallest absolute Gasteiger partial charge is 0.224 e. The Morgan fingerprint density at radius 2 is 2.06 bits per heavy atom. The van der Waals surface area contributed by atoms with Crippen LogP contribution < -0.4 is 5.32 Å². The summed E-state index contributed by atoms with van der Waals surface area (Å²) in [5, 5.41) is 4.11. The van der Waals surface area contributed by atoms with Gasteiger partial charge in [0.1, 0.15) is 11.6 Å². The number of aryl methyl sites for hydroxylation is 2. The molecule has 0 aliphatic carbocycles. The summed E-state index contributed by atoms with van der Waals surface area (Å²) in [6, 6.07) is 8.42. The maximum absolute atomic E-state index is 13.9. The van der Waals surface area contributed by atoms with E-state index in [2.05, 4.69) is 15.3 Å². The van der Waals surface area contributed by atoms with Crippen molar-refractivity contribution in [1.29, 1.82) is 0 Å². The predicted octanol–water partition coefficient (Wildman–Crippen LogP) is 5.73. The summed E-state index contributed by atoms with van der Waals surface area (Å²) in [7, 11) is 1.88. The van der Waals surface area contributed by atoms with E-state index >= 15 is 0 Å². The van der Waals surface area contributed by atoms with Crippen molar-refractivity contribution in [2.45, 2.75) is 22.9 Å². The van der Waals surface area contributed by atoms with Gasteiger partial charge in [0.15, 0.2) is 16.8 Å². The number of hydrogen-bond donors (Lipinski definition) is 1. The molecule has 0 aliphatic rings. The van der Waals surface area contributed by atoms with Gasteiger partial charge in [-0.15, -0.1) is 0 Å². The Balaban J connectivity index is 1.41. The van der Waals surface area contributed by atoms with E-state index in [0.29, 0.717) is 10.7 Å². The summed E-state index contributed by atoms with van der Waals surface area (Å²) in [4.78, 5) is 21.7. The normalized spacial score (nSPS) is 11.0. The Kier molecular flexibility index (Phi) is 6.57. The van der Waals surface area contributed by atoms with Gasteiger partial charge in [-0.05, 0) is 42.1 Å². The second-order valence-electron chi connectivity index (χ2n) is 6.85. The van der Waals surface area contributed by atoms with Gasteiger partial charge < -0.3 is 14.3 Å². The molecule has 0 saturated carbocycles. The highest BCUT2D eigenvalue weighted by atomic mass is 35.5. The van der Waals surface area contributed by atoms with Crippen molar-refractivity contribution in [1.82, 2.24) is 14.5 Å². The quantitative estimate of drug-likeness (QED) is 0.370. The lowest BCUT2D eigenvalue weighted by atomic mass is 10.2. The molecular weight excluding hydrogens is 458 g/mol. The van der Waals surface area contributed by atoms with E-state index in [4.69, 9.17) is 16.0 Å². The lowest BCUT2D eigenvalue weighted by Crippen LogP contribution is -2.13. The second-order valence-corrected chi connectivity index (χ2v) is 8.30. The van der Waals surface area contributed by atoms with Gasteiger partial charge in [0.05, 0.1) is 17.4 Å². The van der Waals surface area contributed by atoms with Crippen molar-refractivity contribution < 1.29 is 18.0 Å². The molecule has 0 fully saturated rings. The fourth-order valence-electron chi connectivity index (χ4n) is 2.91. The first kappa shape index (κ1) is 22.0. The maximum atomic E-state index is 13.9. The van der Waals surface area contributed by atoms with Crippen molar-refractivity contribution in [3.05, 3.63) is 77.5 Å². The van der Waals surface area contributed by atoms with Gasteiger partial charge >= 0.3 is 0 Å². The molecule has 2 aromatic carbocycles. The lowest BCUT2D eigenvalue weighted by Gasteiger charge is -2.11. The summed E-state index contributed by atoms with van der Waals surface area (Å²) >= 11 is 7.51. The number of aromatic nitrogens is 3. The van der Waals surface area contributed by atoms with E-state index in [1.807, 2.05) is 23.9 Å². The van der Waals surface area contributed by atoms with Crippen molar-refractivity contribution in [2.24, 2.45) is 7.05 Å². The van der Waals surface area contributed by atoms with Crippen LogP contribution in [0.2, 0.25) is 5.02 Å². The van der Waals surface area contributed by atoms with Crippen LogP contribution in [-0.2, 0) is 18.3 Å². The van der Waals surface area contributed by atoms with Crippen LogP contribution in [0, 0.1) is 11.6 Å². The summed E-state index contributed by atoms with van der Waals surface area (Å²) in [5.74, 6) is -1.25. The first-order valence-corrected chi connectivity index (χ1v) is 10.7. The number of hydrogen-bond acceptors (Lipinski definition) is 5. The standard InChI is InChI=1S/C22H17ClF2N4O2S/c1-29-9-8-26-22(29)32-19-5-2-13(23)10-17(19)28-20(30)6-7-21-27-12-18(31-21)15-4-3-14(24)11-16(15)25/h2-5,8-12H,6-7H2,1H3,(H,28,30). The number of halogens is 3. The highest BCUT2D eigenvalue weighted by molar-refractivity contribution is 7.99. The van der Waals surface area contributed by atoms with Gasteiger partial charge in [0.2, 0.25) is 5.91 Å². The highest BCUT2D eigenvalue weighted by Gasteiger charge is 2.15. The Hall–Kier alpha value is -3.17.